The highest BCUT2D eigenvalue weighted by atomic mass is 32.1. The van der Waals surface area contributed by atoms with E-state index >= 15 is 0 Å². The molecule has 0 bridgehead atoms. The molecule has 2 heterocycles. The Hall–Kier alpha value is -1.79. The highest BCUT2D eigenvalue weighted by Crippen LogP contribution is 2.24. The first kappa shape index (κ1) is 13.2. The van der Waals surface area contributed by atoms with E-state index in [1.165, 1.54) is 11.8 Å². The van der Waals surface area contributed by atoms with E-state index in [1.807, 2.05) is 23.6 Å². The molecule has 0 saturated carbocycles. The number of aromatic nitrogens is 2. The zero-order valence-electron chi connectivity index (χ0n) is 10.8. The van der Waals surface area contributed by atoms with Crippen molar-refractivity contribution in [3.05, 3.63) is 45.4 Å². The predicted molar refractivity (Wildman–Crippen MR) is 80.3 cm³/mol. The zero-order chi connectivity index (χ0) is 13.9. The van der Waals surface area contributed by atoms with Crippen molar-refractivity contribution in [1.82, 2.24) is 9.97 Å². The van der Waals surface area contributed by atoms with Gasteiger partial charge in [-0.15, -0.1) is 22.7 Å². The molecule has 102 valence electrons. The van der Waals surface area contributed by atoms with Crippen LogP contribution in [0.15, 0.2) is 29.6 Å². The molecule has 0 aliphatic heterocycles. The molecule has 0 aliphatic carbocycles. The van der Waals surface area contributed by atoms with Gasteiger partial charge in [-0.05, 0) is 12.1 Å². The van der Waals surface area contributed by atoms with Gasteiger partial charge in [-0.3, -0.25) is 4.79 Å². The maximum Gasteiger partial charge on any atom is 0.311 e. The number of ether oxygens (including phenoxy) is 1. The van der Waals surface area contributed by atoms with Crippen LogP contribution in [0.2, 0.25) is 0 Å². The van der Waals surface area contributed by atoms with Crippen LogP contribution in [0.25, 0.3) is 10.2 Å². The van der Waals surface area contributed by atoms with Gasteiger partial charge in [-0.25, -0.2) is 9.97 Å². The molecule has 0 atom stereocenters. The first-order valence-electron chi connectivity index (χ1n) is 6.09. The average Bonchev–Trinajstić information content (AvgIpc) is 3.05. The number of methoxy groups -OCH3 is 1. The highest BCUT2D eigenvalue weighted by Gasteiger charge is 2.10. The fourth-order valence-corrected chi connectivity index (χ4v) is 3.72. The molecule has 0 N–H and O–H groups in total. The number of para-hydroxylation sites is 1. The molecule has 0 spiro atoms. The minimum Gasteiger partial charge on any atom is -0.469 e. The Balaban J connectivity index is 1.75. The average molecular weight is 304 g/mol. The van der Waals surface area contributed by atoms with Crippen LogP contribution in [0.4, 0.5) is 0 Å². The Morgan fingerprint density at radius 3 is 2.90 bits per heavy atom. The third kappa shape index (κ3) is 2.86. The lowest BCUT2D eigenvalue weighted by molar-refractivity contribution is -0.139. The molecule has 4 nitrogen and oxygen atoms in total. The largest absolute Gasteiger partial charge is 0.469 e. The monoisotopic (exact) mass is 304 g/mol. The third-order valence-electron chi connectivity index (χ3n) is 2.79. The number of esters is 1. The Morgan fingerprint density at radius 1 is 1.25 bits per heavy atom. The van der Waals surface area contributed by atoms with E-state index in [1.54, 1.807) is 22.7 Å². The number of benzene rings is 1. The number of hydrogen-bond donors (Lipinski definition) is 0. The van der Waals surface area contributed by atoms with E-state index in [2.05, 4.69) is 20.8 Å². The fraction of sp³-hybridized carbons (Fsp3) is 0.214. The van der Waals surface area contributed by atoms with E-state index in [0.717, 1.165) is 21.2 Å². The molecular formula is C14H12N2O2S2. The molecule has 20 heavy (non-hydrogen) atoms. The number of hydrogen-bond acceptors (Lipinski definition) is 6. The summed E-state index contributed by atoms with van der Waals surface area (Å²) in [6.07, 6.45) is 0.942. The number of thiazole rings is 2. The zero-order valence-corrected chi connectivity index (χ0v) is 12.5. The highest BCUT2D eigenvalue weighted by molar-refractivity contribution is 7.18. The van der Waals surface area contributed by atoms with E-state index in [0.29, 0.717) is 6.42 Å². The lowest BCUT2D eigenvalue weighted by atomic mass is 10.3. The van der Waals surface area contributed by atoms with Gasteiger partial charge >= 0.3 is 5.97 Å². The normalized spacial score (nSPS) is 10.8. The molecule has 0 amide bonds. The second-order valence-electron chi connectivity index (χ2n) is 4.24. The van der Waals surface area contributed by atoms with Crippen LogP contribution in [0, 0.1) is 0 Å². The van der Waals surface area contributed by atoms with Crippen LogP contribution >= 0.6 is 22.7 Å². The van der Waals surface area contributed by atoms with Gasteiger partial charge in [0, 0.05) is 5.38 Å². The SMILES string of the molecule is COC(=O)Cc1csc(Cc2nc3ccccc3s2)n1. The van der Waals surface area contributed by atoms with E-state index < -0.39 is 0 Å². The second kappa shape index (κ2) is 5.68. The third-order valence-corrected chi connectivity index (χ3v) is 4.73. The summed E-state index contributed by atoms with van der Waals surface area (Å²) in [5, 5.41) is 3.92. The standard InChI is InChI=1S/C14H12N2O2S2/c1-18-14(17)6-9-8-19-12(15-9)7-13-16-10-4-2-3-5-11(10)20-13/h2-5,8H,6-7H2,1H3. The summed E-state index contributed by atoms with van der Waals surface area (Å²) in [5.41, 5.74) is 1.79. The summed E-state index contributed by atoms with van der Waals surface area (Å²) in [4.78, 5) is 20.2. The first-order valence-corrected chi connectivity index (χ1v) is 7.79. The summed E-state index contributed by atoms with van der Waals surface area (Å²) in [6.45, 7) is 0. The summed E-state index contributed by atoms with van der Waals surface area (Å²) in [7, 11) is 1.39. The maximum atomic E-state index is 11.2. The molecular weight excluding hydrogens is 292 g/mol. The molecule has 6 heteroatoms. The Bertz CT molecular complexity index is 715. The molecule has 0 aliphatic rings. The molecule has 2 aromatic heterocycles. The van der Waals surface area contributed by atoms with Crippen LogP contribution in [0.1, 0.15) is 15.7 Å². The van der Waals surface area contributed by atoms with Gasteiger partial charge < -0.3 is 4.74 Å². The van der Waals surface area contributed by atoms with Crippen molar-refractivity contribution in [2.45, 2.75) is 12.8 Å². The van der Waals surface area contributed by atoms with Crippen molar-refractivity contribution >= 4 is 38.9 Å². The van der Waals surface area contributed by atoms with Crippen LogP contribution in [-0.2, 0) is 22.4 Å². The molecule has 0 unspecified atom stereocenters. The number of carbonyl (C=O) groups excluding carboxylic acids is 1. The maximum absolute atomic E-state index is 11.2. The van der Waals surface area contributed by atoms with Gasteiger partial charge in [0.1, 0.15) is 5.01 Å². The smallest absolute Gasteiger partial charge is 0.311 e. The Morgan fingerprint density at radius 2 is 2.10 bits per heavy atom. The summed E-state index contributed by atoms with van der Waals surface area (Å²) >= 11 is 3.24. The Labute approximate surface area is 124 Å². The molecule has 0 saturated heterocycles. The van der Waals surface area contributed by atoms with Gasteiger partial charge in [0.25, 0.3) is 0 Å². The first-order chi connectivity index (χ1) is 9.74. The van der Waals surface area contributed by atoms with E-state index in [4.69, 9.17) is 0 Å². The number of rotatable bonds is 4. The van der Waals surface area contributed by atoms with Crippen LogP contribution in [0.3, 0.4) is 0 Å². The van der Waals surface area contributed by atoms with Gasteiger partial charge in [-0.1, -0.05) is 12.1 Å². The van der Waals surface area contributed by atoms with Gasteiger partial charge in [-0.2, -0.15) is 0 Å². The van der Waals surface area contributed by atoms with Crippen LogP contribution < -0.4 is 0 Å². The fourth-order valence-electron chi connectivity index (χ4n) is 1.86. The molecule has 0 fully saturated rings. The molecule has 3 aromatic rings. The lowest BCUT2D eigenvalue weighted by Gasteiger charge is -1.94. The van der Waals surface area contributed by atoms with Crippen molar-refractivity contribution in [1.29, 1.82) is 0 Å². The van der Waals surface area contributed by atoms with Crippen LogP contribution in [0.5, 0.6) is 0 Å². The summed E-state index contributed by atoms with van der Waals surface area (Å²) < 4.78 is 5.83. The molecule has 1 aromatic carbocycles. The Kier molecular flexibility index (Phi) is 3.75. The number of fused-ring (bicyclic) bond motifs is 1. The van der Waals surface area contributed by atoms with Crippen molar-refractivity contribution in [3.63, 3.8) is 0 Å². The summed E-state index contributed by atoms with van der Waals surface area (Å²) in [6, 6.07) is 8.09. The second-order valence-corrected chi connectivity index (χ2v) is 6.30. The van der Waals surface area contributed by atoms with E-state index in [9.17, 15) is 4.79 Å². The van der Waals surface area contributed by atoms with Gasteiger partial charge in [0.05, 0.1) is 40.9 Å². The van der Waals surface area contributed by atoms with Crippen LogP contribution in [-0.4, -0.2) is 23.0 Å². The quantitative estimate of drug-likeness (QED) is 0.695. The molecule has 0 radical (unpaired) electrons. The topological polar surface area (TPSA) is 52.1 Å². The molecule has 3 rings (SSSR count). The van der Waals surface area contributed by atoms with E-state index in [-0.39, 0.29) is 12.4 Å². The van der Waals surface area contributed by atoms with Gasteiger partial charge in [0.15, 0.2) is 0 Å². The number of carbonyl (C=O) groups is 1. The van der Waals surface area contributed by atoms with Crippen molar-refractivity contribution in [3.8, 4) is 0 Å². The minimum atomic E-state index is -0.262. The van der Waals surface area contributed by atoms with Gasteiger partial charge in [0.2, 0.25) is 0 Å². The summed E-state index contributed by atoms with van der Waals surface area (Å²) in [5.74, 6) is -0.262. The predicted octanol–water partition coefficient (Wildman–Crippen LogP) is 3.06. The van der Waals surface area contributed by atoms with Crippen molar-refractivity contribution < 1.29 is 9.53 Å². The van der Waals surface area contributed by atoms with Crippen molar-refractivity contribution in [2.24, 2.45) is 0 Å². The minimum absolute atomic E-state index is 0.229. The van der Waals surface area contributed by atoms with Crippen molar-refractivity contribution in [2.75, 3.05) is 7.11 Å². The number of nitrogens with zero attached hydrogens (tertiary/aromatic N) is 2. The lowest BCUT2D eigenvalue weighted by Crippen LogP contribution is -2.04.